The number of carbonyl (C=O) groups excluding carboxylic acids is 1. The number of ether oxygens (including phenoxy) is 1. The van der Waals surface area contributed by atoms with E-state index >= 15 is 0 Å². The number of hydrogen-bond donors (Lipinski definition) is 0. The Labute approximate surface area is 179 Å². The van der Waals surface area contributed by atoms with Crippen LogP contribution in [0.5, 0.6) is 0 Å². The van der Waals surface area contributed by atoms with E-state index in [1.165, 1.54) is 5.56 Å². The van der Waals surface area contributed by atoms with Gasteiger partial charge < -0.3 is 4.74 Å². The Balaban J connectivity index is 1.61. The number of fused-ring (bicyclic) bond motifs is 1. The van der Waals surface area contributed by atoms with Crippen molar-refractivity contribution in [1.29, 1.82) is 0 Å². The molecule has 3 nitrogen and oxygen atoms in total. The molecule has 3 aromatic rings. The molecular weight excluding hydrogens is 426 g/mol. The van der Waals surface area contributed by atoms with Crippen LogP contribution >= 0.6 is 15.9 Å². The standard InChI is InChI=1S/C25H20BrNO2/c26-22-13-12-21-15-16-27(25(28)29-18-20-9-5-2-6-10-20)24(23(21)17-22)14-11-19-7-3-1-4-8-19/h1-10,12-13,17,24H,15-16,18H2/t24-/m0/s1. The summed E-state index contributed by atoms with van der Waals surface area (Å²) in [5.41, 5.74) is 4.15. The van der Waals surface area contributed by atoms with Crippen LogP contribution in [0.25, 0.3) is 0 Å². The van der Waals surface area contributed by atoms with E-state index in [0.29, 0.717) is 6.54 Å². The quantitative estimate of drug-likeness (QED) is 0.470. The van der Waals surface area contributed by atoms with Gasteiger partial charge in [-0.05, 0) is 47.4 Å². The molecular formula is C25H20BrNO2. The number of carbonyl (C=O) groups is 1. The van der Waals surface area contributed by atoms with Crippen LogP contribution in [0.15, 0.2) is 83.3 Å². The van der Waals surface area contributed by atoms with Gasteiger partial charge >= 0.3 is 6.09 Å². The van der Waals surface area contributed by atoms with Gasteiger partial charge in [-0.1, -0.05) is 82.4 Å². The molecule has 0 saturated carbocycles. The molecule has 0 radical (unpaired) electrons. The van der Waals surface area contributed by atoms with Crippen LogP contribution in [0.3, 0.4) is 0 Å². The second-order valence-corrected chi connectivity index (χ2v) is 7.78. The molecule has 1 heterocycles. The van der Waals surface area contributed by atoms with Gasteiger partial charge in [-0.2, -0.15) is 0 Å². The molecule has 0 fully saturated rings. The topological polar surface area (TPSA) is 29.5 Å². The molecule has 3 aromatic carbocycles. The van der Waals surface area contributed by atoms with Crippen molar-refractivity contribution in [3.63, 3.8) is 0 Å². The monoisotopic (exact) mass is 445 g/mol. The van der Waals surface area contributed by atoms with Crippen molar-refractivity contribution in [2.75, 3.05) is 6.54 Å². The molecule has 1 amide bonds. The molecule has 0 unspecified atom stereocenters. The Morgan fingerprint density at radius 3 is 2.52 bits per heavy atom. The molecule has 1 aliphatic rings. The highest BCUT2D eigenvalue weighted by Crippen LogP contribution is 2.32. The summed E-state index contributed by atoms with van der Waals surface area (Å²) in [7, 11) is 0. The molecule has 0 aliphatic carbocycles. The normalized spacial score (nSPS) is 15.1. The Bertz CT molecular complexity index is 1050. The first-order valence-electron chi connectivity index (χ1n) is 9.53. The number of hydrogen-bond acceptors (Lipinski definition) is 2. The number of amides is 1. The largest absolute Gasteiger partial charge is 0.445 e. The van der Waals surface area contributed by atoms with Crippen molar-refractivity contribution in [2.24, 2.45) is 0 Å². The fourth-order valence-corrected chi connectivity index (χ4v) is 3.79. The minimum Gasteiger partial charge on any atom is -0.445 e. The lowest BCUT2D eigenvalue weighted by Gasteiger charge is -2.33. The van der Waals surface area contributed by atoms with Crippen LogP contribution in [0.2, 0.25) is 0 Å². The average Bonchev–Trinajstić information content (AvgIpc) is 2.77. The van der Waals surface area contributed by atoms with E-state index in [-0.39, 0.29) is 18.7 Å². The first kappa shape index (κ1) is 19.3. The number of halogens is 1. The molecule has 0 aromatic heterocycles. The van der Waals surface area contributed by atoms with Gasteiger partial charge in [0.15, 0.2) is 0 Å². The van der Waals surface area contributed by atoms with Gasteiger partial charge in [0.2, 0.25) is 0 Å². The predicted octanol–water partition coefficient (Wildman–Crippen LogP) is 5.74. The fourth-order valence-electron chi connectivity index (χ4n) is 3.41. The molecule has 0 saturated heterocycles. The van der Waals surface area contributed by atoms with Crippen molar-refractivity contribution in [2.45, 2.75) is 19.1 Å². The fraction of sp³-hybridized carbons (Fsp3) is 0.160. The summed E-state index contributed by atoms with van der Waals surface area (Å²) in [6, 6.07) is 25.4. The van der Waals surface area contributed by atoms with E-state index in [1.54, 1.807) is 4.90 Å². The lowest BCUT2D eigenvalue weighted by atomic mass is 9.93. The Morgan fingerprint density at radius 1 is 1.03 bits per heavy atom. The summed E-state index contributed by atoms with van der Waals surface area (Å²) in [5.74, 6) is 6.52. The van der Waals surface area contributed by atoms with Crippen molar-refractivity contribution >= 4 is 22.0 Å². The third kappa shape index (κ3) is 4.70. The van der Waals surface area contributed by atoms with Crippen molar-refractivity contribution in [1.82, 2.24) is 4.90 Å². The van der Waals surface area contributed by atoms with Gasteiger partial charge in [0.05, 0.1) is 0 Å². The number of benzene rings is 3. The maximum Gasteiger partial charge on any atom is 0.411 e. The molecule has 0 bridgehead atoms. The van der Waals surface area contributed by atoms with Crippen LogP contribution in [0, 0.1) is 11.8 Å². The van der Waals surface area contributed by atoms with Crippen molar-refractivity contribution in [3.8, 4) is 11.8 Å². The molecule has 1 aliphatic heterocycles. The average molecular weight is 446 g/mol. The molecule has 144 valence electrons. The first-order chi connectivity index (χ1) is 14.2. The Hall–Kier alpha value is -3.03. The van der Waals surface area contributed by atoms with Gasteiger partial charge in [-0.25, -0.2) is 4.79 Å². The highest BCUT2D eigenvalue weighted by molar-refractivity contribution is 9.10. The second-order valence-electron chi connectivity index (χ2n) is 6.86. The summed E-state index contributed by atoms with van der Waals surface area (Å²) in [4.78, 5) is 14.6. The van der Waals surface area contributed by atoms with E-state index in [9.17, 15) is 4.79 Å². The Kier molecular flexibility index (Phi) is 5.97. The van der Waals surface area contributed by atoms with E-state index < -0.39 is 0 Å². The lowest BCUT2D eigenvalue weighted by molar-refractivity contribution is 0.0862. The maximum absolute atomic E-state index is 12.9. The number of rotatable bonds is 2. The minimum atomic E-state index is -0.347. The van der Waals surface area contributed by atoms with E-state index in [4.69, 9.17) is 4.74 Å². The summed E-state index contributed by atoms with van der Waals surface area (Å²) < 4.78 is 6.58. The highest BCUT2D eigenvalue weighted by Gasteiger charge is 2.31. The molecule has 4 rings (SSSR count). The van der Waals surface area contributed by atoms with Gasteiger partial charge in [-0.15, -0.1) is 0 Å². The van der Waals surface area contributed by atoms with Crippen LogP contribution < -0.4 is 0 Å². The zero-order valence-electron chi connectivity index (χ0n) is 15.8. The zero-order valence-corrected chi connectivity index (χ0v) is 17.4. The smallest absolute Gasteiger partial charge is 0.411 e. The molecule has 0 N–H and O–H groups in total. The van der Waals surface area contributed by atoms with E-state index in [0.717, 1.165) is 27.6 Å². The number of nitrogens with zero attached hydrogens (tertiary/aromatic N) is 1. The van der Waals surface area contributed by atoms with Gasteiger partial charge in [0.1, 0.15) is 12.6 Å². The summed E-state index contributed by atoms with van der Waals surface area (Å²) >= 11 is 3.55. The van der Waals surface area contributed by atoms with Crippen LogP contribution in [0.4, 0.5) is 4.79 Å². The van der Waals surface area contributed by atoms with Gasteiger partial charge in [0, 0.05) is 16.6 Å². The third-order valence-electron chi connectivity index (χ3n) is 4.90. The van der Waals surface area contributed by atoms with Crippen LogP contribution in [0.1, 0.15) is 28.3 Å². The predicted molar refractivity (Wildman–Crippen MR) is 117 cm³/mol. The molecule has 0 spiro atoms. The lowest BCUT2D eigenvalue weighted by Crippen LogP contribution is -2.39. The van der Waals surface area contributed by atoms with E-state index in [2.05, 4.69) is 39.9 Å². The molecule has 29 heavy (non-hydrogen) atoms. The van der Waals surface area contributed by atoms with Crippen LogP contribution in [-0.2, 0) is 17.8 Å². The first-order valence-corrected chi connectivity index (χ1v) is 10.3. The summed E-state index contributed by atoms with van der Waals surface area (Å²) in [6.45, 7) is 0.830. The Morgan fingerprint density at radius 2 is 1.76 bits per heavy atom. The van der Waals surface area contributed by atoms with Crippen LogP contribution in [-0.4, -0.2) is 17.5 Å². The van der Waals surface area contributed by atoms with Gasteiger partial charge in [-0.3, -0.25) is 4.90 Å². The van der Waals surface area contributed by atoms with E-state index in [1.807, 2.05) is 66.7 Å². The summed E-state index contributed by atoms with van der Waals surface area (Å²) in [6.07, 6.45) is 0.443. The highest BCUT2D eigenvalue weighted by atomic mass is 79.9. The van der Waals surface area contributed by atoms with Crippen molar-refractivity contribution < 1.29 is 9.53 Å². The minimum absolute atomic E-state index is 0.250. The van der Waals surface area contributed by atoms with Gasteiger partial charge in [0.25, 0.3) is 0 Å². The summed E-state index contributed by atoms with van der Waals surface area (Å²) in [5, 5.41) is 0. The molecule has 1 atom stereocenters. The maximum atomic E-state index is 12.9. The second kappa shape index (κ2) is 8.98. The third-order valence-corrected chi connectivity index (χ3v) is 5.40. The zero-order chi connectivity index (χ0) is 20.1. The molecule has 4 heteroatoms. The van der Waals surface area contributed by atoms with Crippen molar-refractivity contribution in [3.05, 3.63) is 106 Å². The SMILES string of the molecule is O=C(OCc1ccccc1)N1CCc2ccc(Br)cc2[C@@H]1C#Cc1ccccc1.